The smallest absolute Gasteiger partial charge is 0.330 e. The molecule has 2 atom stereocenters. The summed E-state index contributed by atoms with van der Waals surface area (Å²) in [7, 11) is 0. The van der Waals surface area contributed by atoms with Crippen LogP contribution in [0.5, 0.6) is 0 Å². The van der Waals surface area contributed by atoms with Gasteiger partial charge in [-0.1, -0.05) is 30.3 Å². The molecular formula is C14H18N2O4. The van der Waals surface area contributed by atoms with Gasteiger partial charge in [-0.25, -0.2) is 4.79 Å². The zero-order valence-corrected chi connectivity index (χ0v) is 11.0. The number of ether oxygens (including phenoxy) is 1. The lowest BCUT2D eigenvalue weighted by Crippen LogP contribution is -2.45. The van der Waals surface area contributed by atoms with E-state index in [2.05, 4.69) is 10.6 Å². The molecule has 1 aromatic carbocycles. The Kier molecular flexibility index (Phi) is 5.09. The Morgan fingerprint density at radius 1 is 1.40 bits per heavy atom. The van der Waals surface area contributed by atoms with Gasteiger partial charge in [-0.2, -0.15) is 0 Å². The van der Waals surface area contributed by atoms with E-state index >= 15 is 0 Å². The molecule has 0 aromatic heterocycles. The molecule has 1 unspecified atom stereocenters. The fourth-order valence-electron chi connectivity index (χ4n) is 2.13. The van der Waals surface area contributed by atoms with E-state index in [4.69, 9.17) is 4.74 Å². The number of carbonyl (C=O) groups excluding carboxylic acids is 1. The van der Waals surface area contributed by atoms with Crippen molar-refractivity contribution in [2.24, 2.45) is 0 Å². The maximum atomic E-state index is 11.9. The molecule has 20 heavy (non-hydrogen) atoms. The zero-order valence-electron chi connectivity index (χ0n) is 11.0. The molecule has 0 radical (unpaired) electrons. The summed E-state index contributed by atoms with van der Waals surface area (Å²) < 4.78 is 5.26. The Morgan fingerprint density at radius 3 is 2.75 bits per heavy atom. The van der Waals surface area contributed by atoms with Gasteiger partial charge in [0.15, 0.2) is 6.04 Å². The van der Waals surface area contributed by atoms with Gasteiger partial charge in [0.2, 0.25) is 5.91 Å². The molecule has 0 saturated carbocycles. The van der Waals surface area contributed by atoms with Gasteiger partial charge >= 0.3 is 5.97 Å². The number of benzene rings is 1. The van der Waals surface area contributed by atoms with Crippen molar-refractivity contribution in [3.63, 3.8) is 0 Å². The number of aliphatic carboxylic acids is 1. The Labute approximate surface area is 117 Å². The molecule has 0 spiro atoms. The normalized spacial score (nSPS) is 20.1. The van der Waals surface area contributed by atoms with Crippen molar-refractivity contribution in [1.82, 2.24) is 10.6 Å². The van der Waals surface area contributed by atoms with Gasteiger partial charge in [0, 0.05) is 19.0 Å². The minimum atomic E-state index is -1.07. The lowest BCUT2D eigenvalue weighted by atomic mass is 10.1. The van der Waals surface area contributed by atoms with Crippen LogP contribution < -0.4 is 10.6 Å². The summed E-state index contributed by atoms with van der Waals surface area (Å²) in [6.45, 7) is 1.81. The Morgan fingerprint density at radius 2 is 2.15 bits per heavy atom. The van der Waals surface area contributed by atoms with E-state index in [9.17, 15) is 14.7 Å². The monoisotopic (exact) mass is 278 g/mol. The largest absolute Gasteiger partial charge is 0.479 e. The SMILES string of the molecule is O=C(CC1COCCN1)N[C@H](C(=O)O)c1ccccc1. The fourth-order valence-corrected chi connectivity index (χ4v) is 2.13. The Hall–Kier alpha value is -1.92. The quantitative estimate of drug-likeness (QED) is 0.721. The number of hydrogen-bond donors (Lipinski definition) is 3. The molecule has 1 aromatic rings. The molecule has 1 aliphatic heterocycles. The van der Waals surface area contributed by atoms with E-state index in [0.717, 1.165) is 0 Å². The van der Waals surface area contributed by atoms with Crippen LogP contribution in [0.4, 0.5) is 0 Å². The predicted octanol–water partition coefficient (Wildman–Crippen LogP) is 0.307. The van der Waals surface area contributed by atoms with Crippen LogP contribution in [-0.4, -0.2) is 42.8 Å². The molecule has 6 heteroatoms. The highest BCUT2D eigenvalue weighted by atomic mass is 16.5. The molecular weight excluding hydrogens is 260 g/mol. The average Bonchev–Trinajstić information content (AvgIpc) is 2.46. The summed E-state index contributed by atoms with van der Waals surface area (Å²) >= 11 is 0. The van der Waals surface area contributed by atoms with Crippen LogP contribution in [-0.2, 0) is 14.3 Å². The molecule has 0 bridgehead atoms. The molecule has 1 heterocycles. The molecule has 3 N–H and O–H groups in total. The highest BCUT2D eigenvalue weighted by Crippen LogP contribution is 2.13. The van der Waals surface area contributed by atoms with Gasteiger partial charge in [0.25, 0.3) is 0 Å². The van der Waals surface area contributed by atoms with Gasteiger partial charge in [0.05, 0.1) is 13.2 Å². The number of nitrogens with one attached hydrogen (secondary N) is 2. The van der Waals surface area contributed by atoms with Crippen molar-refractivity contribution < 1.29 is 19.4 Å². The highest BCUT2D eigenvalue weighted by molar-refractivity contribution is 5.84. The first kappa shape index (κ1) is 14.5. The minimum Gasteiger partial charge on any atom is -0.479 e. The van der Waals surface area contributed by atoms with Crippen molar-refractivity contribution in [1.29, 1.82) is 0 Å². The summed E-state index contributed by atoms with van der Waals surface area (Å²) in [5.74, 6) is -1.37. The van der Waals surface area contributed by atoms with Crippen molar-refractivity contribution in [3.8, 4) is 0 Å². The molecule has 1 saturated heterocycles. The van der Waals surface area contributed by atoms with Crippen molar-refractivity contribution in [2.75, 3.05) is 19.8 Å². The van der Waals surface area contributed by atoms with Crippen LogP contribution in [0.25, 0.3) is 0 Å². The second-order valence-corrected chi connectivity index (χ2v) is 4.68. The highest BCUT2D eigenvalue weighted by Gasteiger charge is 2.24. The number of carboxylic acids is 1. The number of morpholine rings is 1. The van der Waals surface area contributed by atoms with Gasteiger partial charge in [-0.05, 0) is 5.56 Å². The summed E-state index contributed by atoms with van der Waals surface area (Å²) in [6, 6.07) is 7.57. The maximum absolute atomic E-state index is 11.9. The summed E-state index contributed by atoms with van der Waals surface area (Å²) in [6.07, 6.45) is 0.205. The van der Waals surface area contributed by atoms with E-state index in [1.54, 1.807) is 30.3 Å². The van der Waals surface area contributed by atoms with Crippen molar-refractivity contribution in [3.05, 3.63) is 35.9 Å². The molecule has 108 valence electrons. The molecule has 0 aliphatic carbocycles. The molecule has 1 fully saturated rings. The summed E-state index contributed by atoms with van der Waals surface area (Å²) in [4.78, 5) is 23.2. The van der Waals surface area contributed by atoms with Gasteiger partial charge in [-0.15, -0.1) is 0 Å². The van der Waals surface area contributed by atoms with Crippen molar-refractivity contribution in [2.45, 2.75) is 18.5 Å². The van der Waals surface area contributed by atoms with Gasteiger partial charge in [-0.3, -0.25) is 4.79 Å². The maximum Gasteiger partial charge on any atom is 0.330 e. The van der Waals surface area contributed by atoms with E-state index in [1.807, 2.05) is 0 Å². The Bertz CT molecular complexity index is 458. The van der Waals surface area contributed by atoms with E-state index in [1.165, 1.54) is 0 Å². The van der Waals surface area contributed by atoms with Gasteiger partial charge < -0.3 is 20.5 Å². The lowest BCUT2D eigenvalue weighted by molar-refractivity contribution is -0.142. The van der Waals surface area contributed by atoms with Crippen LogP contribution in [0.15, 0.2) is 30.3 Å². The first-order valence-electron chi connectivity index (χ1n) is 6.55. The molecule has 1 aliphatic rings. The number of hydrogen-bond acceptors (Lipinski definition) is 4. The van der Waals surface area contributed by atoms with Crippen LogP contribution >= 0.6 is 0 Å². The number of amides is 1. The fraction of sp³-hybridized carbons (Fsp3) is 0.429. The molecule has 1 amide bonds. The third-order valence-corrected chi connectivity index (χ3v) is 3.12. The zero-order chi connectivity index (χ0) is 14.4. The van der Waals surface area contributed by atoms with E-state index in [0.29, 0.717) is 25.3 Å². The number of carboxylic acid groups (broad SMARTS) is 1. The van der Waals surface area contributed by atoms with Crippen LogP contribution in [0.3, 0.4) is 0 Å². The van der Waals surface area contributed by atoms with Crippen LogP contribution in [0, 0.1) is 0 Å². The molecule has 6 nitrogen and oxygen atoms in total. The lowest BCUT2D eigenvalue weighted by Gasteiger charge is -2.24. The third-order valence-electron chi connectivity index (χ3n) is 3.12. The second kappa shape index (κ2) is 7.02. The second-order valence-electron chi connectivity index (χ2n) is 4.68. The van der Waals surface area contributed by atoms with Crippen molar-refractivity contribution >= 4 is 11.9 Å². The summed E-state index contributed by atoms with van der Waals surface area (Å²) in [5.41, 5.74) is 0.557. The van der Waals surface area contributed by atoms with E-state index in [-0.39, 0.29) is 18.4 Å². The average molecular weight is 278 g/mol. The first-order valence-corrected chi connectivity index (χ1v) is 6.55. The van der Waals surface area contributed by atoms with E-state index < -0.39 is 12.0 Å². The first-order chi connectivity index (χ1) is 9.66. The Balaban J connectivity index is 1.94. The number of rotatable bonds is 5. The summed E-state index contributed by atoms with van der Waals surface area (Å²) in [5, 5.41) is 14.9. The predicted molar refractivity (Wildman–Crippen MR) is 72.2 cm³/mol. The number of carbonyl (C=O) groups is 2. The third kappa shape index (κ3) is 4.04. The topological polar surface area (TPSA) is 87.7 Å². The van der Waals surface area contributed by atoms with Crippen LogP contribution in [0.2, 0.25) is 0 Å². The van der Waals surface area contributed by atoms with Gasteiger partial charge in [0.1, 0.15) is 0 Å². The minimum absolute atomic E-state index is 0.0611. The molecule has 2 rings (SSSR count). The standard InChI is InChI=1S/C14H18N2O4/c17-12(8-11-9-20-7-6-15-11)16-13(14(18)19)10-4-2-1-3-5-10/h1-5,11,13,15H,6-9H2,(H,16,17)(H,18,19)/t11?,13-/m0/s1. The van der Waals surface area contributed by atoms with Crippen LogP contribution in [0.1, 0.15) is 18.0 Å².